The Kier molecular flexibility index (Phi) is 5.43. The molecule has 4 aromatic heterocycles. The van der Waals surface area contributed by atoms with Crippen molar-refractivity contribution in [2.24, 2.45) is 0 Å². The van der Waals surface area contributed by atoms with Gasteiger partial charge in [-0.1, -0.05) is 78.9 Å². The summed E-state index contributed by atoms with van der Waals surface area (Å²) in [4.78, 5) is 37.4. The second-order valence-electron chi connectivity index (χ2n) is 11.4. The van der Waals surface area contributed by atoms with Crippen molar-refractivity contribution in [3.8, 4) is 33.4 Å². The summed E-state index contributed by atoms with van der Waals surface area (Å²) >= 11 is 0. The smallest absolute Gasteiger partial charge is 0.267 e. The third-order valence-corrected chi connectivity index (χ3v) is 8.74. The first kappa shape index (κ1) is 25.3. The van der Waals surface area contributed by atoms with E-state index in [9.17, 15) is 9.59 Å². The predicted molar refractivity (Wildman–Crippen MR) is 183 cm³/mol. The maximum absolute atomic E-state index is 14.1. The van der Waals surface area contributed by atoms with Gasteiger partial charge in [-0.05, 0) is 93.4 Å². The van der Waals surface area contributed by atoms with Crippen molar-refractivity contribution in [3.05, 3.63) is 160 Å². The molecule has 0 amide bonds. The highest BCUT2D eigenvalue weighted by Crippen LogP contribution is 2.38. The van der Waals surface area contributed by atoms with Gasteiger partial charge < -0.3 is 0 Å². The number of hydrogen-bond donors (Lipinski definition) is 0. The Morgan fingerprint density at radius 1 is 0.444 bits per heavy atom. The summed E-state index contributed by atoms with van der Waals surface area (Å²) in [5.74, 6) is 0. The molecule has 0 N–H and O–H groups in total. The van der Waals surface area contributed by atoms with Crippen molar-refractivity contribution in [3.63, 3.8) is 0 Å². The molecular formula is C40H23N3O2. The molecule has 5 nitrogen and oxygen atoms in total. The normalized spacial score (nSPS) is 11.7. The molecule has 0 spiro atoms. The average Bonchev–Trinajstić information content (AvgIpc) is 3.11. The van der Waals surface area contributed by atoms with Gasteiger partial charge in [0, 0.05) is 27.7 Å². The minimum Gasteiger partial charge on any atom is -0.268 e. The molecule has 0 radical (unpaired) electrons. The van der Waals surface area contributed by atoms with Crippen LogP contribution in [0.5, 0.6) is 0 Å². The van der Waals surface area contributed by atoms with Crippen molar-refractivity contribution in [2.75, 3.05) is 0 Å². The topological polar surface area (TPSA) is 64.3 Å². The fourth-order valence-corrected chi connectivity index (χ4v) is 6.63. The fourth-order valence-electron chi connectivity index (χ4n) is 6.63. The van der Waals surface area contributed by atoms with Gasteiger partial charge in [0.2, 0.25) is 0 Å². The van der Waals surface area contributed by atoms with Gasteiger partial charge in [-0.2, -0.15) is 0 Å². The van der Waals surface area contributed by atoms with Crippen LogP contribution in [0.25, 0.3) is 82.4 Å². The molecule has 0 fully saturated rings. The maximum atomic E-state index is 14.1. The molecule has 0 aliphatic heterocycles. The highest BCUT2D eigenvalue weighted by molar-refractivity contribution is 6.19. The lowest BCUT2D eigenvalue weighted by Gasteiger charge is -2.16. The van der Waals surface area contributed by atoms with Crippen LogP contribution in [0.4, 0.5) is 0 Å². The molecule has 9 rings (SSSR count). The standard InChI is InChI=1S/C40H23N3O2/c44-39-32-16-8-7-15-31(32)33-22-30(23-34-36-35(40(45)43(39)37(33)34)21-26-14-9-17-41-38(26)42-36)29-19-27(24-10-3-1-4-11-24)18-28(20-29)25-12-5-2-6-13-25/h1-23H. The van der Waals surface area contributed by atoms with E-state index < -0.39 is 0 Å². The molecule has 0 saturated carbocycles. The molecule has 9 aromatic rings. The zero-order valence-corrected chi connectivity index (χ0v) is 23.9. The lowest BCUT2D eigenvalue weighted by atomic mass is 9.91. The van der Waals surface area contributed by atoms with Crippen LogP contribution in [0, 0.1) is 0 Å². The van der Waals surface area contributed by atoms with Gasteiger partial charge in [0.15, 0.2) is 5.65 Å². The monoisotopic (exact) mass is 577 g/mol. The van der Waals surface area contributed by atoms with Crippen LogP contribution in [0.15, 0.2) is 149 Å². The Hall–Kier alpha value is -6.20. The van der Waals surface area contributed by atoms with E-state index in [1.807, 2.05) is 66.7 Å². The molecule has 0 bridgehead atoms. The Labute approximate surface area is 256 Å². The molecule has 5 heteroatoms. The first-order valence-corrected chi connectivity index (χ1v) is 14.8. The minimum absolute atomic E-state index is 0.327. The van der Waals surface area contributed by atoms with Crippen LogP contribution >= 0.6 is 0 Å². The molecule has 0 unspecified atom stereocenters. The second kappa shape index (κ2) is 9.66. The lowest BCUT2D eigenvalue weighted by molar-refractivity contribution is 1.09. The van der Waals surface area contributed by atoms with Gasteiger partial charge in [-0.25, -0.2) is 14.4 Å². The van der Waals surface area contributed by atoms with Crippen LogP contribution in [0.3, 0.4) is 0 Å². The van der Waals surface area contributed by atoms with Crippen molar-refractivity contribution in [1.29, 1.82) is 0 Å². The summed E-state index contributed by atoms with van der Waals surface area (Å²) in [7, 11) is 0. The number of rotatable bonds is 3. The van der Waals surface area contributed by atoms with Crippen molar-refractivity contribution in [2.45, 2.75) is 0 Å². The highest BCUT2D eigenvalue weighted by atomic mass is 16.2. The summed E-state index contributed by atoms with van der Waals surface area (Å²) in [5, 5.41) is 4.00. The van der Waals surface area contributed by atoms with Crippen LogP contribution in [-0.4, -0.2) is 14.4 Å². The quantitative estimate of drug-likeness (QED) is 0.156. The van der Waals surface area contributed by atoms with E-state index in [1.165, 1.54) is 4.40 Å². The van der Waals surface area contributed by atoms with Gasteiger partial charge in [0.1, 0.15) is 0 Å². The van der Waals surface area contributed by atoms with Crippen molar-refractivity contribution >= 4 is 49.0 Å². The average molecular weight is 578 g/mol. The Morgan fingerprint density at radius 3 is 1.69 bits per heavy atom. The van der Waals surface area contributed by atoms with E-state index in [2.05, 4.69) is 59.6 Å². The van der Waals surface area contributed by atoms with Gasteiger partial charge in [-0.15, -0.1) is 0 Å². The molecule has 5 aromatic carbocycles. The van der Waals surface area contributed by atoms with Crippen LogP contribution < -0.4 is 11.1 Å². The zero-order chi connectivity index (χ0) is 30.1. The number of hydrogen-bond acceptors (Lipinski definition) is 4. The first-order chi connectivity index (χ1) is 22.1. The van der Waals surface area contributed by atoms with Crippen molar-refractivity contribution in [1.82, 2.24) is 14.4 Å². The Balaban J connectivity index is 1.46. The zero-order valence-electron chi connectivity index (χ0n) is 23.9. The van der Waals surface area contributed by atoms with Crippen LogP contribution in [0.1, 0.15) is 0 Å². The summed E-state index contributed by atoms with van der Waals surface area (Å²) in [6.07, 6.45) is 1.70. The van der Waals surface area contributed by atoms with Crippen molar-refractivity contribution < 1.29 is 0 Å². The van der Waals surface area contributed by atoms with Gasteiger partial charge in [-0.3, -0.25) is 9.59 Å². The van der Waals surface area contributed by atoms with E-state index in [-0.39, 0.29) is 11.1 Å². The van der Waals surface area contributed by atoms with E-state index in [0.29, 0.717) is 27.5 Å². The highest BCUT2D eigenvalue weighted by Gasteiger charge is 2.20. The Morgan fingerprint density at radius 2 is 1.00 bits per heavy atom. The number of benzene rings is 5. The van der Waals surface area contributed by atoms with Crippen LogP contribution in [0.2, 0.25) is 0 Å². The number of nitrogens with zero attached hydrogens (tertiary/aromatic N) is 3. The second-order valence-corrected chi connectivity index (χ2v) is 11.4. The van der Waals surface area contributed by atoms with Gasteiger partial charge in [0.25, 0.3) is 11.1 Å². The summed E-state index contributed by atoms with van der Waals surface area (Å²) < 4.78 is 1.33. The molecule has 45 heavy (non-hydrogen) atoms. The molecule has 0 aliphatic carbocycles. The number of fused-ring (bicyclic) bond motifs is 5. The van der Waals surface area contributed by atoms with Gasteiger partial charge >= 0.3 is 0 Å². The SMILES string of the molecule is O=c1c2ccccc2c2cc(-c3cc(-c4ccccc4)cc(-c4ccccc4)c3)cc3c4nc5ncccc5cc4c(=O)n1c23. The fraction of sp³-hybridized carbons (Fsp3) is 0. The van der Waals surface area contributed by atoms with E-state index in [1.54, 1.807) is 18.3 Å². The molecule has 0 atom stereocenters. The molecule has 4 heterocycles. The molecular weight excluding hydrogens is 554 g/mol. The van der Waals surface area contributed by atoms with Gasteiger partial charge in [0.05, 0.1) is 16.4 Å². The molecule has 210 valence electrons. The summed E-state index contributed by atoms with van der Waals surface area (Å²) in [5.41, 5.74) is 7.38. The van der Waals surface area contributed by atoms with E-state index in [4.69, 9.17) is 4.98 Å². The number of aromatic nitrogens is 3. The predicted octanol–water partition coefficient (Wildman–Crippen LogP) is 8.50. The summed E-state index contributed by atoms with van der Waals surface area (Å²) in [6.45, 7) is 0. The maximum Gasteiger partial charge on any atom is 0.267 e. The largest absolute Gasteiger partial charge is 0.268 e. The van der Waals surface area contributed by atoms with E-state index in [0.717, 1.165) is 54.9 Å². The third-order valence-electron chi connectivity index (χ3n) is 8.74. The Bertz CT molecular complexity index is 2680. The van der Waals surface area contributed by atoms with Crippen LogP contribution in [-0.2, 0) is 0 Å². The number of pyridine rings is 4. The lowest BCUT2D eigenvalue weighted by Crippen LogP contribution is -2.27. The third kappa shape index (κ3) is 3.88. The summed E-state index contributed by atoms with van der Waals surface area (Å²) in [6, 6.07) is 44.5. The minimum atomic E-state index is -0.373. The molecule has 0 aliphatic rings. The molecule has 0 saturated heterocycles. The van der Waals surface area contributed by atoms with E-state index >= 15 is 0 Å². The first-order valence-electron chi connectivity index (χ1n) is 14.8.